The number of hydrogen-bond donors (Lipinski definition) is 2. The molecule has 2 aromatic rings. The second-order valence-electron chi connectivity index (χ2n) is 5.93. The minimum absolute atomic E-state index is 0.0235. The summed E-state index contributed by atoms with van der Waals surface area (Å²) in [6.45, 7) is 1.03. The molecule has 7 heteroatoms. The van der Waals surface area contributed by atoms with Crippen molar-refractivity contribution < 1.29 is 18.3 Å². The molecule has 0 aliphatic carbocycles. The quantitative estimate of drug-likeness (QED) is 0.650. The lowest BCUT2D eigenvalue weighted by Crippen LogP contribution is -2.36. The van der Waals surface area contributed by atoms with Crippen LogP contribution in [0.5, 0.6) is 0 Å². The van der Waals surface area contributed by atoms with Gasteiger partial charge in [0.15, 0.2) is 0 Å². The number of nitrogens with zero attached hydrogens (tertiary/aromatic N) is 1. The van der Waals surface area contributed by atoms with Gasteiger partial charge in [0.25, 0.3) is 5.91 Å². The van der Waals surface area contributed by atoms with E-state index in [-0.39, 0.29) is 23.7 Å². The maximum atomic E-state index is 13.4. The number of guanidine groups is 1. The van der Waals surface area contributed by atoms with E-state index in [1.54, 1.807) is 30.3 Å². The average molecular weight is 359 g/mol. The molecular formula is C19H19F2N3O2. The van der Waals surface area contributed by atoms with E-state index in [2.05, 4.69) is 15.6 Å². The van der Waals surface area contributed by atoms with Gasteiger partial charge in [0.2, 0.25) is 5.96 Å². The second kappa shape index (κ2) is 8.53. The number of halogens is 2. The maximum Gasteiger partial charge on any atom is 0.257 e. The van der Waals surface area contributed by atoms with E-state index in [0.29, 0.717) is 18.7 Å². The molecule has 136 valence electrons. The molecule has 1 aliphatic heterocycles. The van der Waals surface area contributed by atoms with Crippen LogP contribution in [0, 0.1) is 11.6 Å². The third-order valence-electron chi connectivity index (χ3n) is 3.87. The molecular weight excluding hydrogens is 340 g/mol. The summed E-state index contributed by atoms with van der Waals surface area (Å²) < 4.78 is 32.3. The van der Waals surface area contributed by atoms with E-state index < -0.39 is 11.6 Å². The van der Waals surface area contributed by atoms with Crippen molar-refractivity contribution in [1.82, 2.24) is 5.32 Å². The van der Waals surface area contributed by atoms with Crippen LogP contribution in [0.1, 0.15) is 23.2 Å². The summed E-state index contributed by atoms with van der Waals surface area (Å²) in [4.78, 5) is 16.7. The lowest BCUT2D eigenvalue weighted by Gasteiger charge is -2.13. The van der Waals surface area contributed by atoms with Crippen LogP contribution in [0.3, 0.4) is 0 Å². The fourth-order valence-electron chi connectivity index (χ4n) is 2.62. The molecule has 0 aromatic heterocycles. The Hall–Kier alpha value is -2.80. The van der Waals surface area contributed by atoms with Crippen molar-refractivity contribution >= 4 is 17.6 Å². The zero-order chi connectivity index (χ0) is 18.4. The number of carbonyl (C=O) groups excluding carboxylic acids is 1. The average Bonchev–Trinajstić information content (AvgIpc) is 3.13. The van der Waals surface area contributed by atoms with E-state index in [9.17, 15) is 13.6 Å². The van der Waals surface area contributed by atoms with Gasteiger partial charge >= 0.3 is 0 Å². The molecule has 2 aromatic carbocycles. The molecule has 2 N–H and O–H groups in total. The fraction of sp³-hybridized carbons (Fsp3) is 0.263. The first-order chi connectivity index (χ1) is 12.6. The second-order valence-corrected chi connectivity index (χ2v) is 5.93. The first kappa shape index (κ1) is 18.0. The van der Waals surface area contributed by atoms with Gasteiger partial charge in [0.1, 0.15) is 11.6 Å². The Morgan fingerprint density at radius 1 is 1.15 bits per heavy atom. The molecule has 5 nitrogen and oxygen atoms in total. The minimum atomic E-state index is -0.722. The van der Waals surface area contributed by atoms with Gasteiger partial charge in [-0.3, -0.25) is 10.1 Å². The molecule has 1 fully saturated rings. The van der Waals surface area contributed by atoms with Crippen molar-refractivity contribution in [3.8, 4) is 0 Å². The standard InChI is InChI=1S/C19H19F2N3O2/c20-14-9-15(21)11-16(10-14)23-19(22-12-17-7-4-8-26-17)24-18(25)13-5-2-1-3-6-13/h1-3,5-6,9-11,17H,4,7-8,12H2,(H2,22,23,24,25)/t17-/m0/s1. The summed E-state index contributed by atoms with van der Waals surface area (Å²) >= 11 is 0. The summed E-state index contributed by atoms with van der Waals surface area (Å²) in [6, 6.07) is 11.6. The topological polar surface area (TPSA) is 62.7 Å². The highest BCUT2D eigenvalue weighted by atomic mass is 19.1. The van der Waals surface area contributed by atoms with Gasteiger partial charge in [-0.2, -0.15) is 0 Å². The van der Waals surface area contributed by atoms with Crippen LogP contribution in [0.25, 0.3) is 0 Å². The number of anilines is 1. The molecule has 0 unspecified atom stereocenters. The molecule has 0 bridgehead atoms. The van der Waals surface area contributed by atoms with Gasteiger partial charge in [-0.15, -0.1) is 0 Å². The van der Waals surface area contributed by atoms with Crippen LogP contribution < -0.4 is 10.6 Å². The summed E-state index contributed by atoms with van der Waals surface area (Å²) in [7, 11) is 0. The van der Waals surface area contributed by atoms with Crippen molar-refractivity contribution in [2.24, 2.45) is 4.99 Å². The number of amides is 1. The molecule has 1 heterocycles. The van der Waals surface area contributed by atoms with Crippen LogP contribution in [0.4, 0.5) is 14.5 Å². The van der Waals surface area contributed by atoms with Gasteiger partial charge in [0.05, 0.1) is 12.6 Å². The van der Waals surface area contributed by atoms with Crippen molar-refractivity contribution in [2.75, 3.05) is 18.5 Å². The van der Waals surface area contributed by atoms with Crippen LogP contribution >= 0.6 is 0 Å². The van der Waals surface area contributed by atoms with Crippen molar-refractivity contribution in [1.29, 1.82) is 0 Å². The first-order valence-corrected chi connectivity index (χ1v) is 8.36. The zero-order valence-corrected chi connectivity index (χ0v) is 14.0. The molecule has 1 atom stereocenters. The Morgan fingerprint density at radius 2 is 1.88 bits per heavy atom. The summed E-state index contributed by atoms with van der Waals surface area (Å²) in [5.74, 6) is -1.71. The SMILES string of the molecule is O=C(NC(=NC[C@@H]1CCCO1)Nc1cc(F)cc(F)c1)c1ccccc1. The monoisotopic (exact) mass is 359 g/mol. The van der Waals surface area contributed by atoms with E-state index >= 15 is 0 Å². The fourth-order valence-corrected chi connectivity index (χ4v) is 2.62. The summed E-state index contributed by atoms with van der Waals surface area (Å²) in [5.41, 5.74) is 0.603. The van der Waals surface area contributed by atoms with E-state index in [0.717, 1.165) is 31.0 Å². The number of rotatable bonds is 4. The predicted molar refractivity (Wildman–Crippen MR) is 95.2 cm³/mol. The zero-order valence-electron chi connectivity index (χ0n) is 14.0. The lowest BCUT2D eigenvalue weighted by molar-refractivity contribution is 0.0975. The van der Waals surface area contributed by atoms with Gasteiger partial charge in [0, 0.05) is 23.9 Å². The van der Waals surface area contributed by atoms with Crippen molar-refractivity contribution in [2.45, 2.75) is 18.9 Å². The van der Waals surface area contributed by atoms with Gasteiger partial charge < -0.3 is 10.1 Å². The molecule has 1 saturated heterocycles. The summed E-state index contributed by atoms with van der Waals surface area (Å²) in [6.07, 6.45) is 1.83. The third-order valence-corrected chi connectivity index (χ3v) is 3.87. The minimum Gasteiger partial charge on any atom is -0.376 e. The van der Waals surface area contributed by atoms with E-state index in [1.807, 2.05) is 0 Å². The smallest absolute Gasteiger partial charge is 0.257 e. The highest BCUT2D eigenvalue weighted by Gasteiger charge is 2.16. The number of benzene rings is 2. The number of carbonyl (C=O) groups is 1. The normalized spacial score (nSPS) is 17.2. The van der Waals surface area contributed by atoms with E-state index in [1.165, 1.54) is 0 Å². The highest BCUT2D eigenvalue weighted by Crippen LogP contribution is 2.14. The van der Waals surface area contributed by atoms with Gasteiger partial charge in [-0.1, -0.05) is 18.2 Å². The maximum absolute atomic E-state index is 13.4. The Labute approximate surface area is 150 Å². The van der Waals surface area contributed by atoms with Gasteiger partial charge in [-0.25, -0.2) is 13.8 Å². The molecule has 1 aliphatic rings. The first-order valence-electron chi connectivity index (χ1n) is 8.36. The van der Waals surface area contributed by atoms with Crippen LogP contribution in [0.15, 0.2) is 53.5 Å². The lowest BCUT2D eigenvalue weighted by atomic mass is 10.2. The molecule has 0 radical (unpaired) electrons. The molecule has 3 rings (SSSR count). The molecule has 26 heavy (non-hydrogen) atoms. The number of hydrogen-bond acceptors (Lipinski definition) is 3. The molecule has 1 amide bonds. The number of aliphatic imine (C=N–C) groups is 1. The Bertz CT molecular complexity index is 770. The van der Waals surface area contributed by atoms with Gasteiger partial charge in [-0.05, 0) is 37.1 Å². The Balaban J connectivity index is 1.76. The van der Waals surface area contributed by atoms with Crippen molar-refractivity contribution in [3.63, 3.8) is 0 Å². The summed E-state index contributed by atoms with van der Waals surface area (Å²) in [5, 5.41) is 5.41. The third kappa shape index (κ3) is 5.10. The highest BCUT2D eigenvalue weighted by molar-refractivity contribution is 6.09. The Morgan fingerprint density at radius 3 is 2.54 bits per heavy atom. The predicted octanol–water partition coefficient (Wildman–Crippen LogP) is 3.34. The number of nitrogens with one attached hydrogen (secondary N) is 2. The number of ether oxygens (including phenoxy) is 1. The largest absolute Gasteiger partial charge is 0.376 e. The van der Waals surface area contributed by atoms with Crippen LogP contribution in [-0.2, 0) is 4.74 Å². The molecule has 0 spiro atoms. The van der Waals surface area contributed by atoms with Crippen LogP contribution in [0.2, 0.25) is 0 Å². The van der Waals surface area contributed by atoms with E-state index in [4.69, 9.17) is 4.74 Å². The Kier molecular flexibility index (Phi) is 5.91. The van der Waals surface area contributed by atoms with Crippen LogP contribution in [-0.4, -0.2) is 31.1 Å². The van der Waals surface area contributed by atoms with Crippen molar-refractivity contribution in [3.05, 3.63) is 65.7 Å². The molecule has 0 saturated carbocycles.